The molecule has 0 aromatic heterocycles. The van der Waals surface area contributed by atoms with E-state index in [0.717, 1.165) is 10.5 Å². The standard InChI is InChI=1S/C26H23NO5/c1-26(2,27-23(28)21-10-6-7-11-22(21)24(27)29)17-32-25(30)19-12-14-20(15-13-19)31-16-18-8-4-3-5-9-18/h3-15H,16-17H2,1-2H3. The minimum atomic E-state index is -0.998. The van der Waals surface area contributed by atoms with Crippen LogP contribution in [-0.2, 0) is 11.3 Å². The molecule has 2 amide bonds. The molecule has 32 heavy (non-hydrogen) atoms. The van der Waals surface area contributed by atoms with Gasteiger partial charge < -0.3 is 9.47 Å². The number of benzene rings is 3. The summed E-state index contributed by atoms with van der Waals surface area (Å²) in [5.74, 6) is -0.667. The number of hydrogen-bond donors (Lipinski definition) is 0. The van der Waals surface area contributed by atoms with Crippen LogP contribution >= 0.6 is 0 Å². The molecule has 0 radical (unpaired) electrons. The van der Waals surface area contributed by atoms with Crippen molar-refractivity contribution in [3.8, 4) is 5.75 Å². The number of rotatable bonds is 7. The number of hydrogen-bond acceptors (Lipinski definition) is 5. The number of amides is 2. The van der Waals surface area contributed by atoms with Gasteiger partial charge in [0.2, 0.25) is 0 Å². The Kier molecular flexibility index (Phi) is 5.77. The summed E-state index contributed by atoms with van der Waals surface area (Å²) in [6.07, 6.45) is 0. The van der Waals surface area contributed by atoms with Gasteiger partial charge in [-0.3, -0.25) is 14.5 Å². The molecule has 0 atom stereocenters. The third kappa shape index (κ3) is 4.25. The Labute approximate surface area is 186 Å². The minimum absolute atomic E-state index is 0.121. The van der Waals surface area contributed by atoms with Gasteiger partial charge in [-0.2, -0.15) is 0 Å². The van der Waals surface area contributed by atoms with Gasteiger partial charge >= 0.3 is 5.97 Å². The van der Waals surface area contributed by atoms with Gasteiger partial charge in [0.15, 0.2) is 0 Å². The van der Waals surface area contributed by atoms with Crippen LogP contribution in [0.3, 0.4) is 0 Å². The minimum Gasteiger partial charge on any atom is -0.489 e. The Morgan fingerprint density at radius 2 is 1.38 bits per heavy atom. The van der Waals surface area contributed by atoms with Gasteiger partial charge in [-0.1, -0.05) is 42.5 Å². The number of imide groups is 1. The van der Waals surface area contributed by atoms with Crippen molar-refractivity contribution < 1.29 is 23.9 Å². The molecule has 0 saturated heterocycles. The molecule has 0 unspecified atom stereocenters. The molecule has 1 aliphatic rings. The summed E-state index contributed by atoms with van der Waals surface area (Å²) in [5, 5.41) is 0. The molecule has 6 heteroatoms. The predicted molar refractivity (Wildman–Crippen MR) is 119 cm³/mol. The van der Waals surface area contributed by atoms with E-state index in [2.05, 4.69) is 0 Å². The van der Waals surface area contributed by atoms with E-state index in [4.69, 9.17) is 9.47 Å². The molecule has 1 heterocycles. The van der Waals surface area contributed by atoms with Gasteiger partial charge in [-0.25, -0.2) is 4.79 Å². The van der Waals surface area contributed by atoms with Crippen molar-refractivity contribution in [1.82, 2.24) is 4.90 Å². The monoisotopic (exact) mass is 429 g/mol. The first-order valence-corrected chi connectivity index (χ1v) is 10.3. The molecule has 162 valence electrons. The van der Waals surface area contributed by atoms with Crippen LogP contribution < -0.4 is 4.74 Å². The van der Waals surface area contributed by atoms with Crippen molar-refractivity contribution in [2.24, 2.45) is 0 Å². The Bertz CT molecular complexity index is 1120. The maximum atomic E-state index is 12.7. The van der Waals surface area contributed by atoms with Crippen LogP contribution in [0, 0.1) is 0 Å². The fraction of sp³-hybridized carbons (Fsp3) is 0.192. The quantitative estimate of drug-likeness (QED) is 0.409. The zero-order valence-electron chi connectivity index (χ0n) is 17.9. The van der Waals surface area contributed by atoms with Crippen molar-refractivity contribution in [2.45, 2.75) is 26.0 Å². The lowest BCUT2D eigenvalue weighted by Crippen LogP contribution is -2.50. The largest absolute Gasteiger partial charge is 0.489 e. The van der Waals surface area contributed by atoms with Gasteiger partial charge in [-0.15, -0.1) is 0 Å². The molecule has 0 N–H and O–H groups in total. The van der Waals surface area contributed by atoms with Gasteiger partial charge in [-0.05, 0) is 55.8 Å². The van der Waals surface area contributed by atoms with Gasteiger partial charge in [0, 0.05) is 0 Å². The van der Waals surface area contributed by atoms with E-state index in [1.54, 1.807) is 62.4 Å². The van der Waals surface area contributed by atoms with Crippen molar-refractivity contribution >= 4 is 17.8 Å². The molecule has 0 aliphatic carbocycles. The number of ether oxygens (including phenoxy) is 2. The highest BCUT2D eigenvalue weighted by atomic mass is 16.5. The fourth-order valence-electron chi connectivity index (χ4n) is 3.56. The maximum Gasteiger partial charge on any atom is 0.338 e. The van der Waals surface area contributed by atoms with E-state index in [1.165, 1.54) is 0 Å². The Morgan fingerprint density at radius 1 is 0.812 bits per heavy atom. The average Bonchev–Trinajstić information content (AvgIpc) is 3.08. The zero-order chi connectivity index (χ0) is 22.7. The number of nitrogens with zero attached hydrogens (tertiary/aromatic N) is 1. The first kappa shape index (κ1) is 21.3. The molecule has 6 nitrogen and oxygen atoms in total. The molecule has 1 aliphatic heterocycles. The lowest BCUT2D eigenvalue weighted by molar-refractivity contribution is 0.0149. The summed E-state index contributed by atoms with van der Waals surface area (Å²) < 4.78 is 11.2. The molecular weight excluding hydrogens is 406 g/mol. The number of esters is 1. The van der Waals surface area contributed by atoms with E-state index in [-0.39, 0.29) is 18.4 Å². The summed E-state index contributed by atoms with van der Waals surface area (Å²) in [5.41, 5.74) is 1.13. The molecule has 3 aromatic carbocycles. The molecule has 0 fully saturated rings. The smallest absolute Gasteiger partial charge is 0.338 e. The summed E-state index contributed by atoms with van der Waals surface area (Å²) in [6, 6.07) is 23.1. The fourth-order valence-corrected chi connectivity index (χ4v) is 3.56. The summed E-state index contributed by atoms with van der Waals surface area (Å²) in [7, 11) is 0. The number of carbonyl (C=O) groups is 3. The average molecular weight is 429 g/mol. The summed E-state index contributed by atoms with van der Waals surface area (Å²) >= 11 is 0. The topological polar surface area (TPSA) is 72.9 Å². The second-order valence-corrected chi connectivity index (χ2v) is 8.18. The lowest BCUT2D eigenvalue weighted by Gasteiger charge is -2.33. The van der Waals surface area contributed by atoms with E-state index < -0.39 is 11.5 Å². The number of fused-ring (bicyclic) bond motifs is 1. The van der Waals surface area contributed by atoms with E-state index >= 15 is 0 Å². The van der Waals surface area contributed by atoms with Crippen molar-refractivity contribution in [2.75, 3.05) is 6.61 Å². The molecule has 0 saturated carbocycles. The van der Waals surface area contributed by atoms with Crippen LogP contribution in [0.15, 0.2) is 78.9 Å². The van der Waals surface area contributed by atoms with Gasteiger partial charge in [0.1, 0.15) is 19.0 Å². The normalized spacial score (nSPS) is 13.1. The van der Waals surface area contributed by atoms with Crippen molar-refractivity contribution in [3.63, 3.8) is 0 Å². The third-order valence-electron chi connectivity index (χ3n) is 5.29. The van der Waals surface area contributed by atoms with Crippen LogP contribution in [0.25, 0.3) is 0 Å². The highest BCUT2D eigenvalue weighted by Gasteiger charge is 2.44. The van der Waals surface area contributed by atoms with E-state index in [0.29, 0.717) is 29.0 Å². The molecule has 3 aromatic rings. The second-order valence-electron chi connectivity index (χ2n) is 8.18. The van der Waals surface area contributed by atoms with E-state index in [1.807, 2.05) is 30.3 Å². The predicted octanol–water partition coefficient (Wildman–Crippen LogP) is 4.50. The van der Waals surface area contributed by atoms with Crippen LogP contribution in [-0.4, -0.2) is 34.8 Å². The summed E-state index contributed by atoms with van der Waals surface area (Å²) in [4.78, 5) is 39.1. The van der Waals surface area contributed by atoms with Gasteiger partial charge in [0.25, 0.3) is 11.8 Å². The first-order chi connectivity index (χ1) is 15.4. The van der Waals surface area contributed by atoms with Crippen LogP contribution in [0.4, 0.5) is 0 Å². The van der Waals surface area contributed by atoms with E-state index in [9.17, 15) is 14.4 Å². The highest BCUT2D eigenvalue weighted by molar-refractivity contribution is 6.21. The van der Waals surface area contributed by atoms with Crippen molar-refractivity contribution in [1.29, 1.82) is 0 Å². The summed E-state index contributed by atoms with van der Waals surface area (Å²) in [6.45, 7) is 3.70. The Balaban J connectivity index is 1.36. The SMILES string of the molecule is CC(C)(COC(=O)c1ccc(OCc2ccccc2)cc1)N1C(=O)c2ccccc2C1=O. The van der Waals surface area contributed by atoms with Crippen molar-refractivity contribution in [3.05, 3.63) is 101 Å². The molecule has 0 spiro atoms. The van der Waals surface area contributed by atoms with Crippen LogP contribution in [0.2, 0.25) is 0 Å². The number of carbonyl (C=O) groups excluding carboxylic acids is 3. The molecule has 4 rings (SSSR count). The molecular formula is C26H23NO5. The third-order valence-corrected chi connectivity index (χ3v) is 5.29. The van der Waals surface area contributed by atoms with Gasteiger partial charge in [0.05, 0.1) is 22.2 Å². The zero-order valence-corrected chi connectivity index (χ0v) is 17.9. The Hall–Kier alpha value is -3.93. The second kappa shape index (κ2) is 8.67. The highest BCUT2D eigenvalue weighted by Crippen LogP contribution is 2.29. The molecule has 0 bridgehead atoms. The van der Waals surface area contributed by atoms with Crippen LogP contribution in [0.5, 0.6) is 5.75 Å². The maximum absolute atomic E-state index is 12.7. The first-order valence-electron chi connectivity index (χ1n) is 10.3. The van der Waals surface area contributed by atoms with Crippen LogP contribution in [0.1, 0.15) is 50.5 Å². The lowest BCUT2D eigenvalue weighted by atomic mass is 10.0. The Morgan fingerprint density at radius 3 is 1.97 bits per heavy atom.